The largest absolute Gasteiger partial charge is 0.381 e. The van der Waals surface area contributed by atoms with Gasteiger partial charge in [0.25, 0.3) is 0 Å². The van der Waals surface area contributed by atoms with Crippen LogP contribution >= 0.6 is 0 Å². The summed E-state index contributed by atoms with van der Waals surface area (Å²) >= 11 is 0. The highest BCUT2D eigenvalue weighted by Crippen LogP contribution is 2.29. The van der Waals surface area contributed by atoms with Crippen LogP contribution < -0.4 is 5.73 Å². The van der Waals surface area contributed by atoms with Crippen molar-refractivity contribution in [3.8, 4) is 11.3 Å². The van der Waals surface area contributed by atoms with E-state index in [4.69, 9.17) is 15.0 Å². The van der Waals surface area contributed by atoms with Crippen molar-refractivity contribution < 1.29 is 9.26 Å². The van der Waals surface area contributed by atoms with Gasteiger partial charge in [-0.1, -0.05) is 29.4 Å². The van der Waals surface area contributed by atoms with Crippen molar-refractivity contribution in [1.29, 1.82) is 0 Å². The van der Waals surface area contributed by atoms with Crippen LogP contribution in [-0.4, -0.2) is 18.4 Å². The molecule has 0 aliphatic carbocycles. The fraction of sp³-hybridized carbons (Fsp3) is 0.357. The molecule has 4 heteroatoms. The van der Waals surface area contributed by atoms with Gasteiger partial charge in [0.1, 0.15) is 0 Å². The number of hydrogen-bond donors (Lipinski definition) is 1. The van der Waals surface area contributed by atoms with Gasteiger partial charge in [0.15, 0.2) is 11.6 Å². The molecular formula is C14H16N2O2. The summed E-state index contributed by atoms with van der Waals surface area (Å²) in [6.07, 6.45) is 2.21. The van der Waals surface area contributed by atoms with Crippen LogP contribution in [0, 0.1) is 0 Å². The van der Waals surface area contributed by atoms with Gasteiger partial charge in [-0.2, -0.15) is 0 Å². The lowest BCUT2D eigenvalue weighted by Gasteiger charge is -2.22. The first kappa shape index (κ1) is 11.3. The summed E-state index contributed by atoms with van der Waals surface area (Å²) in [6, 6.07) is 10.2. The standard InChI is InChI=1S/C14H16N2O2/c15-14-9-13(18-16-14)12-3-1-10(2-4-12)11-5-7-17-8-6-11/h1-4,9,11H,5-8H2,(H2,15,16). The number of hydrogen-bond acceptors (Lipinski definition) is 4. The maximum absolute atomic E-state index is 5.54. The van der Waals surface area contributed by atoms with E-state index in [0.29, 0.717) is 17.5 Å². The second kappa shape index (κ2) is 4.82. The van der Waals surface area contributed by atoms with Crippen molar-refractivity contribution >= 4 is 5.82 Å². The van der Waals surface area contributed by atoms with E-state index in [0.717, 1.165) is 31.6 Å². The van der Waals surface area contributed by atoms with Crippen molar-refractivity contribution in [2.24, 2.45) is 0 Å². The van der Waals surface area contributed by atoms with Crippen LogP contribution in [-0.2, 0) is 4.74 Å². The minimum Gasteiger partial charge on any atom is -0.381 e. The summed E-state index contributed by atoms with van der Waals surface area (Å²) < 4.78 is 10.5. The van der Waals surface area contributed by atoms with Crippen LogP contribution in [0.15, 0.2) is 34.9 Å². The first-order valence-electron chi connectivity index (χ1n) is 6.23. The highest BCUT2D eigenvalue weighted by Gasteiger charge is 2.16. The Hall–Kier alpha value is -1.81. The molecule has 18 heavy (non-hydrogen) atoms. The molecule has 0 bridgehead atoms. The molecule has 3 rings (SSSR count). The number of nitrogens with zero attached hydrogens (tertiary/aromatic N) is 1. The van der Waals surface area contributed by atoms with Gasteiger partial charge in [-0.15, -0.1) is 0 Å². The lowest BCUT2D eigenvalue weighted by Crippen LogP contribution is -2.13. The Balaban J connectivity index is 1.80. The number of aromatic nitrogens is 1. The van der Waals surface area contributed by atoms with Gasteiger partial charge in [-0.05, 0) is 24.3 Å². The summed E-state index contributed by atoms with van der Waals surface area (Å²) in [7, 11) is 0. The zero-order valence-corrected chi connectivity index (χ0v) is 10.1. The van der Waals surface area contributed by atoms with Gasteiger partial charge in [0, 0.05) is 24.8 Å². The lowest BCUT2D eigenvalue weighted by molar-refractivity contribution is 0.0853. The van der Waals surface area contributed by atoms with Crippen LogP contribution in [0.2, 0.25) is 0 Å². The quantitative estimate of drug-likeness (QED) is 0.882. The molecule has 1 aromatic carbocycles. The Morgan fingerprint density at radius 3 is 2.44 bits per heavy atom. The summed E-state index contributed by atoms with van der Waals surface area (Å²) in [5.74, 6) is 1.75. The Kier molecular flexibility index (Phi) is 3.02. The molecule has 1 aliphatic rings. The number of benzene rings is 1. The summed E-state index contributed by atoms with van der Waals surface area (Å²) in [5.41, 5.74) is 7.92. The third-order valence-electron chi connectivity index (χ3n) is 3.42. The fourth-order valence-electron chi connectivity index (χ4n) is 2.38. The maximum atomic E-state index is 5.54. The van der Waals surface area contributed by atoms with Gasteiger partial charge >= 0.3 is 0 Å². The van der Waals surface area contributed by atoms with E-state index in [1.807, 2.05) is 0 Å². The molecule has 1 aliphatic heterocycles. The molecule has 2 aromatic rings. The lowest BCUT2D eigenvalue weighted by atomic mass is 9.91. The zero-order chi connectivity index (χ0) is 12.4. The first-order valence-corrected chi connectivity index (χ1v) is 6.23. The third-order valence-corrected chi connectivity index (χ3v) is 3.42. The molecule has 94 valence electrons. The average Bonchev–Trinajstić information content (AvgIpc) is 2.87. The minimum absolute atomic E-state index is 0.415. The second-order valence-electron chi connectivity index (χ2n) is 4.62. The van der Waals surface area contributed by atoms with E-state index in [-0.39, 0.29) is 0 Å². The highest BCUT2D eigenvalue weighted by atomic mass is 16.5. The molecule has 2 N–H and O–H groups in total. The Bertz CT molecular complexity index is 513. The average molecular weight is 244 g/mol. The van der Waals surface area contributed by atoms with Crippen molar-refractivity contribution in [2.75, 3.05) is 18.9 Å². The van der Waals surface area contributed by atoms with Gasteiger partial charge in [0.05, 0.1) is 0 Å². The molecule has 0 amide bonds. The number of nitrogen functional groups attached to an aromatic ring is 1. The Labute approximate surface area is 106 Å². The smallest absolute Gasteiger partial charge is 0.169 e. The second-order valence-corrected chi connectivity index (χ2v) is 4.62. The van der Waals surface area contributed by atoms with Crippen molar-refractivity contribution in [3.05, 3.63) is 35.9 Å². The SMILES string of the molecule is Nc1cc(-c2ccc(C3CCOCC3)cc2)on1. The molecule has 4 nitrogen and oxygen atoms in total. The predicted octanol–water partition coefficient (Wildman–Crippen LogP) is 2.82. The van der Waals surface area contributed by atoms with Crippen LogP contribution in [0.3, 0.4) is 0 Å². The van der Waals surface area contributed by atoms with E-state index in [2.05, 4.69) is 29.4 Å². The Morgan fingerprint density at radius 2 is 1.83 bits per heavy atom. The van der Waals surface area contributed by atoms with E-state index in [9.17, 15) is 0 Å². The van der Waals surface area contributed by atoms with E-state index in [1.54, 1.807) is 6.07 Å². The van der Waals surface area contributed by atoms with Crippen LogP contribution in [0.25, 0.3) is 11.3 Å². The molecule has 0 spiro atoms. The Morgan fingerprint density at radius 1 is 1.11 bits per heavy atom. The normalized spacial score (nSPS) is 16.9. The van der Waals surface area contributed by atoms with Crippen LogP contribution in [0.4, 0.5) is 5.82 Å². The zero-order valence-electron chi connectivity index (χ0n) is 10.1. The highest BCUT2D eigenvalue weighted by molar-refractivity contribution is 5.60. The topological polar surface area (TPSA) is 61.3 Å². The van der Waals surface area contributed by atoms with E-state index >= 15 is 0 Å². The van der Waals surface area contributed by atoms with Gasteiger partial charge in [-0.3, -0.25) is 0 Å². The fourth-order valence-corrected chi connectivity index (χ4v) is 2.38. The number of rotatable bonds is 2. The van der Waals surface area contributed by atoms with E-state index < -0.39 is 0 Å². The molecular weight excluding hydrogens is 228 g/mol. The summed E-state index contributed by atoms with van der Waals surface area (Å²) in [6.45, 7) is 1.73. The van der Waals surface area contributed by atoms with Crippen molar-refractivity contribution in [3.63, 3.8) is 0 Å². The number of ether oxygens (including phenoxy) is 1. The number of anilines is 1. The monoisotopic (exact) mass is 244 g/mol. The molecule has 1 saturated heterocycles. The predicted molar refractivity (Wildman–Crippen MR) is 69.1 cm³/mol. The molecule has 1 fully saturated rings. The molecule has 1 aromatic heterocycles. The van der Waals surface area contributed by atoms with Gasteiger partial charge < -0.3 is 15.0 Å². The van der Waals surface area contributed by atoms with Crippen molar-refractivity contribution in [2.45, 2.75) is 18.8 Å². The van der Waals surface area contributed by atoms with Crippen molar-refractivity contribution in [1.82, 2.24) is 5.16 Å². The molecule has 0 radical (unpaired) electrons. The third kappa shape index (κ3) is 2.24. The molecule has 2 heterocycles. The van der Waals surface area contributed by atoms with Gasteiger partial charge in [-0.25, -0.2) is 0 Å². The number of nitrogens with two attached hydrogens (primary N) is 1. The van der Waals surface area contributed by atoms with E-state index in [1.165, 1.54) is 5.56 Å². The summed E-state index contributed by atoms with van der Waals surface area (Å²) in [5, 5.41) is 3.69. The molecule has 0 atom stereocenters. The molecule has 0 unspecified atom stereocenters. The van der Waals surface area contributed by atoms with Crippen LogP contribution in [0.5, 0.6) is 0 Å². The van der Waals surface area contributed by atoms with Gasteiger partial charge in [0.2, 0.25) is 0 Å². The molecule has 0 saturated carbocycles. The minimum atomic E-state index is 0.415. The first-order chi connectivity index (χ1) is 8.83. The summed E-state index contributed by atoms with van der Waals surface area (Å²) in [4.78, 5) is 0. The maximum Gasteiger partial charge on any atom is 0.169 e. The van der Waals surface area contributed by atoms with Crippen LogP contribution in [0.1, 0.15) is 24.3 Å².